The van der Waals surface area contributed by atoms with Gasteiger partial charge in [-0.15, -0.1) is 0 Å². The Labute approximate surface area is 149 Å². The molecule has 1 aromatic carbocycles. The Balaban J connectivity index is 1.43. The van der Waals surface area contributed by atoms with Crippen LogP contribution in [0.15, 0.2) is 30.3 Å². The first-order valence-electron chi connectivity index (χ1n) is 9.38. The molecule has 3 rings (SSSR count). The molecule has 136 valence electrons. The summed E-state index contributed by atoms with van der Waals surface area (Å²) in [7, 11) is 0. The second-order valence-electron chi connectivity index (χ2n) is 7.43. The maximum atomic E-state index is 12.5. The Kier molecular flexibility index (Phi) is 6.08. The van der Waals surface area contributed by atoms with Gasteiger partial charge in [0.2, 0.25) is 5.91 Å². The summed E-state index contributed by atoms with van der Waals surface area (Å²) in [6.07, 6.45) is 4.79. The maximum Gasteiger partial charge on any atom is 0.307 e. The van der Waals surface area contributed by atoms with E-state index in [0.29, 0.717) is 19.0 Å². The Bertz CT molecular complexity index is 582. The number of carboxylic acid groups (broad SMARTS) is 1. The second-order valence-corrected chi connectivity index (χ2v) is 7.43. The topological polar surface area (TPSA) is 60.9 Å². The molecule has 0 bridgehead atoms. The monoisotopic (exact) mass is 344 g/mol. The predicted molar refractivity (Wildman–Crippen MR) is 96.2 cm³/mol. The summed E-state index contributed by atoms with van der Waals surface area (Å²) in [6.45, 7) is 3.36. The highest BCUT2D eigenvalue weighted by Crippen LogP contribution is 2.22. The fraction of sp³-hybridized carbons (Fsp3) is 0.600. The van der Waals surface area contributed by atoms with E-state index in [2.05, 4.69) is 24.3 Å². The number of amides is 1. The van der Waals surface area contributed by atoms with Gasteiger partial charge in [-0.2, -0.15) is 0 Å². The van der Waals surface area contributed by atoms with Gasteiger partial charge in [0.15, 0.2) is 0 Å². The van der Waals surface area contributed by atoms with Crippen molar-refractivity contribution >= 4 is 11.9 Å². The Morgan fingerprint density at radius 1 is 1.04 bits per heavy atom. The van der Waals surface area contributed by atoms with Crippen LogP contribution in [-0.2, 0) is 16.0 Å². The van der Waals surface area contributed by atoms with Crippen LogP contribution >= 0.6 is 0 Å². The smallest absolute Gasteiger partial charge is 0.307 e. The number of carboxylic acids is 1. The van der Waals surface area contributed by atoms with Crippen molar-refractivity contribution < 1.29 is 14.7 Å². The van der Waals surface area contributed by atoms with Gasteiger partial charge in [0, 0.05) is 19.6 Å². The Hall–Kier alpha value is -1.88. The second kappa shape index (κ2) is 8.48. The molecule has 2 aliphatic rings. The molecule has 2 fully saturated rings. The molecule has 2 aliphatic heterocycles. The zero-order valence-corrected chi connectivity index (χ0v) is 14.8. The van der Waals surface area contributed by atoms with Crippen molar-refractivity contribution in [1.82, 2.24) is 9.80 Å². The van der Waals surface area contributed by atoms with Gasteiger partial charge in [-0.3, -0.25) is 14.5 Å². The minimum absolute atomic E-state index is 0.157. The standard InChI is InChI=1S/C20H28N2O3/c23-19(15-21-10-4-7-18(14-21)20(24)25)22-11-8-17(9-12-22)13-16-5-2-1-3-6-16/h1-3,5-6,17-18H,4,7-15H2,(H,24,25). The van der Waals surface area contributed by atoms with E-state index in [9.17, 15) is 9.59 Å². The fourth-order valence-corrected chi connectivity index (χ4v) is 4.03. The molecule has 1 atom stereocenters. The molecule has 1 unspecified atom stereocenters. The molecule has 2 saturated heterocycles. The van der Waals surface area contributed by atoms with E-state index in [1.165, 1.54) is 5.56 Å². The van der Waals surface area contributed by atoms with E-state index < -0.39 is 5.97 Å². The molecule has 1 amide bonds. The molecule has 5 heteroatoms. The summed E-state index contributed by atoms with van der Waals surface area (Å²) < 4.78 is 0. The quantitative estimate of drug-likeness (QED) is 0.890. The van der Waals surface area contributed by atoms with Crippen molar-refractivity contribution in [2.24, 2.45) is 11.8 Å². The molecule has 0 aromatic heterocycles. The van der Waals surface area contributed by atoms with Crippen molar-refractivity contribution in [3.8, 4) is 0 Å². The summed E-state index contributed by atoms with van der Waals surface area (Å²) in [5, 5.41) is 9.17. The summed E-state index contributed by atoms with van der Waals surface area (Å²) in [5.41, 5.74) is 1.38. The third kappa shape index (κ3) is 5.05. The van der Waals surface area contributed by atoms with E-state index in [1.54, 1.807) is 0 Å². The number of nitrogens with zero attached hydrogens (tertiary/aromatic N) is 2. The lowest BCUT2D eigenvalue weighted by Gasteiger charge is -2.35. The number of hydrogen-bond donors (Lipinski definition) is 1. The van der Waals surface area contributed by atoms with Gasteiger partial charge in [-0.1, -0.05) is 30.3 Å². The highest BCUT2D eigenvalue weighted by molar-refractivity contribution is 5.78. The first-order valence-corrected chi connectivity index (χ1v) is 9.38. The number of carbonyl (C=O) groups excluding carboxylic acids is 1. The molecule has 0 radical (unpaired) electrons. The minimum atomic E-state index is -0.737. The lowest BCUT2D eigenvalue weighted by atomic mass is 9.90. The number of piperidine rings is 2. The maximum absolute atomic E-state index is 12.5. The molecule has 25 heavy (non-hydrogen) atoms. The molecule has 0 aliphatic carbocycles. The van der Waals surface area contributed by atoms with Crippen molar-refractivity contribution in [2.75, 3.05) is 32.7 Å². The number of benzene rings is 1. The zero-order valence-electron chi connectivity index (χ0n) is 14.8. The van der Waals surface area contributed by atoms with Crippen LogP contribution < -0.4 is 0 Å². The third-order valence-corrected chi connectivity index (χ3v) is 5.55. The van der Waals surface area contributed by atoms with Gasteiger partial charge in [-0.05, 0) is 50.1 Å². The van der Waals surface area contributed by atoms with Crippen LogP contribution in [0.1, 0.15) is 31.2 Å². The largest absolute Gasteiger partial charge is 0.481 e. The molecular formula is C20H28N2O3. The van der Waals surface area contributed by atoms with E-state index in [1.807, 2.05) is 15.9 Å². The fourth-order valence-electron chi connectivity index (χ4n) is 4.03. The van der Waals surface area contributed by atoms with Gasteiger partial charge >= 0.3 is 5.97 Å². The Morgan fingerprint density at radius 2 is 1.76 bits per heavy atom. The number of carbonyl (C=O) groups is 2. The van der Waals surface area contributed by atoms with Crippen LogP contribution in [0, 0.1) is 11.8 Å². The van der Waals surface area contributed by atoms with Crippen LogP contribution in [-0.4, -0.2) is 59.5 Å². The van der Waals surface area contributed by atoms with Crippen molar-refractivity contribution in [3.05, 3.63) is 35.9 Å². The first kappa shape index (κ1) is 17.9. The molecular weight excluding hydrogens is 316 g/mol. The highest BCUT2D eigenvalue weighted by Gasteiger charge is 2.29. The van der Waals surface area contributed by atoms with Crippen LogP contribution in [0.5, 0.6) is 0 Å². The normalized spacial score (nSPS) is 22.7. The van der Waals surface area contributed by atoms with Crippen LogP contribution in [0.3, 0.4) is 0 Å². The predicted octanol–water partition coefficient (Wildman–Crippen LogP) is 2.26. The molecule has 1 N–H and O–H groups in total. The first-order chi connectivity index (χ1) is 12.1. The average Bonchev–Trinajstić information content (AvgIpc) is 2.63. The molecule has 0 saturated carbocycles. The van der Waals surface area contributed by atoms with E-state index in [0.717, 1.165) is 51.7 Å². The lowest BCUT2D eigenvalue weighted by molar-refractivity contribution is -0.145. The van der Waals surface area contributed by atoms with Crippen LogP contribution in [0.25, 0.3) is 0 Å². The van der Waals surface area contributed by atoms with Crippen LogP contribution in [0.2, 0.25) is 0 Å². The average molecular weight is 344 g/mol. The van der Waals surface area contributed by atoms with Crippen molar-refractivity contribution in [3.63, 3.8) is 0 Å². The van der Waals surface area contributed by atoms with Gasteiger partial charge in [0.25, 0.3) is 0 Å². The van der Waals surface area contributed by atoms with E-state index >= 15 is 0 Å². The minimum Gasteiger partial charge on any atom is -0.481 e. The number of hydrogen-bond acceptors (Lipinski definition) is 3. The van der Waals surface area contributed by atoms with Gasteiger partial charge in [0.05, 0.1) is 12.5 Å². The Morgan fingerprint density at radius 3 is 2.44 bits per heavy atom. The molecule has 2 heterocycles. The summed E-state index contributed by atoms with van der Waals surface area (Å²) in [6, 6.07) is 10.5. The van der Waals surface area contributed by atoms with Crippen molar-refractivity contribution in [2.45, 2.75) is 32.1 Å². The summed E-state index contributed by atoms with van der Waals surface area (Å²) in [4.78, 5) is 27.7. The summed E-state index contributed by atoms with van der Waals surface area (Å²) >= 11 is 0. The number of aliphatic carboxylic acids is 1. The molecule has 0 spiro atoms. The third-order valence-electron chi connectivity index (χ3n) is 5.55. The number of rotatable bonds is 5. The van der Waals surface area contributed by atoms with Crippen LogP contribution in [0.4, 0.5) is 0 Å². The zero-order chi connectivity index (χ0) is 17.6. The SMILES string of the molecule is O=C(O)C1CCCN(CC(=O)N2CCC(Cc3ccccc3)CC2)C1. The number of likely N-dealkylation sites (tertiary alicyclic amines) is 2. The van der Waals surface area contributed by atoms with E-state index in [-0.39, 0.29) is 11.8 Å². The molecule has 1 aromatic rings. The summed E-state index contributed by atoms with van der Waals surface area (Å²) in [5.74, 6) is -0.251. The van der Waals surface area contributed by atoms with Gasteiger partial charge in [0.1, 0.15) is 0 Å². The van der Waals surface area contributed by atoms with Gasteiger partial charge in [-0.25, -0.2) is 0 Å². The van der Waals surface area contributed by atoms with E-state index in [4.69, 9.17) is 5.11 Å². The molecule has 5 nitrogen and oxygen atoms in total. The highest BCUT2D eigenvalue weighted by atomic mass is 16.4. The lowest BCUT2D eigenvalue weighted by Crippen LogP contribution is -2.47. The van der Waals surface area contributed by atoms with Gasteiger partial charge < -0.3 is 10.0 Å². The van der Waals surface area contributed by atoms with Crippen molar-refractivity contribution in [1.29, 1.82) is 0 Å².